The van der Waals surface area contributed by atoms with Gasteiger partial charge in [-0.1, -0.05) is 6.07 Å². The Kier molecular flexibility index (Phi) is 3.70. The fourth-order valence-corrected chi connectivity index (χ4v) is 2.94. The fourth-order valence-electron chi connectivity index (χ4n) is 2.58. The van der Waals surface area contributed by atoms with Crippen molar-refractivity contribution in [3.63, 3.8) is 0 Å². The molecule has 4 aromatic heterocycles. The molecule has 0 saturated heterocycles. The van der Waals surface area contributed by atoms with E-state index in [1.807, 2.05) is 30.3 Å². The molecule has 1 N–H and O–H groups in total. The molecule has 0 bridgehead atoms. The van der Waals surface area contributed by atoms with Crippen LogP contribution in [0.25, 0.3) is 33.7 Å². The molecule has 0 aliphatic carbocycles. The van der Waals surface area contributed by atoms with Crippen LogP contribution in [0.4, 0.5) is 0 Å². The first-order valence-corrected chi connectivity index (χ1v) is 8.01. The van der Waals surface area contributed by atoms with Crippen LogP contribution in [0, 0.1) is 0 Å². The highest BCUT2D eigenvalue weighted by molar-refractivity contribution is 9.10. The van der Waals surface area contributed by atoms with Gasteiger partial charge in [-0.05, 0) is 40.2 Å². The van der Waals surface area contributed by atoms with Crippen molar-refractivity contribution in [2.24, 2.45) is 0 Å². The highest BCUT2D eigenvalue weighted by atomic mass is 79.9. The summed E-state index contributed by atoms with van der Waals surface area (Å²) in [6, 6.07) is 9.65. The normalized spacial score (nSPS) is 10.9. The predicted octanol–water partition coefficient (Wildman–Crippen LogP) is 3.85. The van der Waals surface area contributed by atoms with Crippen LogP contribution in [0.3, 0.4) is 0 Å². The lowest BCUT2D eigenvalue weighted by Gasteiger charge is -2.04. The Morgan fingerprint density at radius 2 is 2.00 bits per heavy atom. The zero-order valence-corrected chi connectivity index (χ0v) is 14.3. The largest absolute Gasteiger partial charge is 0.480 e. The van der Waals surface area contributed by atoms with E-state index in [0.29, 0.717) is 11.5 Å². The smallest absolute Gasteiger partial charge is 0.234 e. The van der Waals surface area contributed by atoms with E-state index < -0.39 is 0 Å². The average molecular weight is 382 g/mol. The summed E-state index contributed by atoms with van der Waals surface area (Å²) in [4.78, 5) is 21.0. The Hall–Kier alpha value is -2.80. The molecule has 0 aliphatic heterocycles. The number of halogens is 1. The van der Waals surface area contributed by atoms with Gasteiger partial charge in [0.15, 0.2) is 5.65 Å². The number of aromatic amines is 1. The van der Waals surface area contributed by atoms with Crippen LogP contribution in [0.1, 0.15) is 0 Å². The maximum absolute atomic E-state index is 5.18. The van der Waals surface area contributed by atoms with Gasteiger partial charge in [-0.25, -0.2) is 9.97 Å². The van der Waals surface area contributed by atoms with E-state index in [2.05, 4.69) is 40.8 Å². The van der Waals surface area contributed by atoms with E-state index in [1.165, 1.54) is 0 Å². The third kappa shape index (κ3) is 2.52. The van der Waals surface area contributed by atoms with Crippen LogP contribution >= 0.6 is 15.9 Å². The SMILES string of the molecule is COc1cnc2c(-c3ccccn3)c(-c3ccnc(Br)c3)[nH]c2n1. The standard InChI is InChI=1S/C17H12BrN5O/c1-24-13-9-21-16-14(11-4-2-3-6-19-11)15(23-17(16)22-13)10-5-7-20-12(18)8-10/h2-9H,1H3,(H,22,23). The molecular weight excluding hydrogens is 370 g/mol. The summed E-state index contributed by atoms with van der Waals surface area (Å²) in [7, 11) is 1.57. The molecule has 4 rings (SSSR count). The second kappa shape index (κ2) is 6.01. The van der Waals surface area contributed by atoms with E-state index in [0.717, 1.165) is 32.6 Å². The number of aromatic nitrogens is 5. The number of rotatable bonds is 3. The molecule has 4 aromatic rings. The van der Waals surface area contributed by atoms with Gasteiger partial charge in [-0.2, -0.15) is 4.98 Å². The van der Waals surface area contributed by atoms with Crippen molar-refractivity contribution in [2.75, 3.05) is 7.11 Å². The molecule has 0 fully saturated rings. The number of methoxy groups -OCH3 is 1. The lowest BCUT2D eigenvalue weighted by atomic mass is 10.1. The highest BCUT2D eigenvalue weighted by Crippen LogP contribution is 2.36. The molecule has 0 saturated carbocycles. The predicted molar refractivity (Wildman–Crippen MR) is 94.6 cm³/mol. The molecule has 0 aromatic carbocycles. The summed E-state index contributed by atoms with van der Waals surface area (Å²) in [6.45, 7) is 0. The molecule has 0 atom stereocenters. The zero-order valence-electron chi connectivity index (χ0n) is 12.7. The van der Waals surface area contributed by atoms with E-state index in [4.69, 9.17) is 4.74 Å². The molecule has 0 aliphatic rings. The molecule has 0 spiro atoms. The van der Waals surface area contributed by atoms with Crippen LogP contribution in [0.15, 0.2) is 53.5 Å². The van der Waals surface area contributed by atoms with Gasteiger partial charge < -0.3 is 9.72 Å². The van der Waals surface area contributed by atoms with Crippen LogP contribution in [0.5, 0.6) is 5.88 Å². The van der Waals surface area contributed by atoms with Crippen molar-refractivity contribution in [1.82, 2.24) is 24.9 Å². The minimum atomic E-state index is 0.457. The average Bonchev–Trinajstić information content (AvgIpc) is 3.01. The van der Waals surface area contributed by atoms with Gasteiger partial charge in [0.1, 0.15) is 10.1 Å². The van der Waals surface area contributed by atoms with Crippen LogP contribution < -0.4 is 4.74 Å². The Morgan fingerprint density at radius 1 is 1.08 bits per heavy atom. The van der Waals surface area contributed by atoms with Crippen LogP contribution in [0.2, 0.25) is 0 Å². The van der Waals surface area contributed by atoms with Crippen molar-refractivity contribution in [2.45, 2.75) is 0 Å². The third-order valence-corrected chi connectivity index (χ3v) is 4.06. The summed E-state index contributed by atoms with van der Waals surface area (Å²) in [5, 5.41) is 0. The Morgan fingerprint density at radius 3 is 2.75 bits per heavy atom. The van der Waals surface area contributed by atoms with Gasteiger partial charge in [0.05, 0.1) is 30.3 Å². The molecular formula is C17H12BrN5O. The number of nitrogens with one attached hydrogen (secondary N) is 1. The third-order valence-electron chi connectivity index (χ3n) is 3.63. The van der Waals surface area contributed by atoms with Crippen molar-refractivity contribution in [3.05, 3.63) is 53.5 Å². The number of nitrogens with zero attached hydrogens (tertiary/aromatic N) is 4. The van der Waals surface area contributed by atoms with Gasteiger partial charge in [-0.3, -0.25) is 4.98 Å². The van der Waals surface area contributed by atoms with Gasteiger partial charge in [-0.15, -0.1) is 0 Å². The number of hydrogen-bond acceptors (Lipinski definition) is 5. The topological polar surface area (TPSA) is 76.6 Å². The van der Waals surface area contributed by atoms with Gasteiger partial charge in [0.25, 0.3) is 0 Å². The van der Waals surface area contributed by atoms with Gasteiger partial charge >= 0.3 is 0 Å². The van der Waals surface area contributed by atoms with Crippen molar-refractivity contribution in [1.29, 1.82) is 0 Å². The second-order valence-electron chi connectivity index (χ2n) is 5.07. The van der Waals surface area contributed by atoms with Crippen molar-refractivity contribution >= 4 is 27.1 Å². The minimum Gasteiger partial charge on any atom is -0.480 e. The lowest BCUT2D eigenvalue weighted by Crippen LogP contribution is -1.90. The summed E-state index contributed by atoms with van der Waals surface area (Å²) >= 11 is 3.42. The fraction of sp³-hybridized carbons (Fsp3) is 0.0588. The molecule has 24 heavy (non-hydrogen) atoms. The Balaban J connectivity index is 2.04. The van der Waals surface area contributed by atoms with Crippen molar-refractivity contribution < 1.29 is 4.74 Å². The number of fused-ring (bicyclic) bond motifs is 1. The number of ether oxygens (including phenoxy) is 1. The summed E-state index contributed by atoms with van der Waals surface area (Å²) in [5.74, 6) is 0.457. The van der Waals surface area contributed by atoms with E-state index >= 15 is 0 Å². The van der Waals surface area contributed by atoms with Crippen LogP contribution in [-0.4, -0.2) is 32.0 Å². The van der Waals surface area contributed by atoms with E-state index in [1.54, 1.807) is 25.7 Å². The van der Waals surface area contributed by atoms with E-state index in [-0.39, 0.29) is 0 Å². The summed E-state index contributed by atoms with van der Waals surface area (Å²) in [5.41, 5.74) is 4.98. The highest BCUT2D eigenvalue weighted by Gasteiger charge is 2.18. The molecule has 7 heteroatoms. The Labute approximate surface area is 146 Å². The lowest BCUT2D eigenvalue weighted by molar-refractivity contribution is 0.397. The molecule has 6 nitrogen and oxygen atoms in total. The molecule has 0 unspecified atom stereocenters. The van der Waals surface area contributed by atoms with Crippen molar-refractivity contribution in [3.8, 4) is 28.4 Å². The first-order chi connectivity index (χ1) is 11.8. The first kappa shape index (κ1) is 14.8. The zero-order chi connectivity index (χ0) is 16.5. The van der Waals surface area contributed by atoms with E-state index in [9.17, 15) is 0 Å². The quantitative estimate of drug-likeness (QED) is 0.545. The minimum absolute atomic E-state index is 0.457. The summed E-state index contributed by atoms with van der Waals surface area (Å²) < 4.78 is 5.93. The van der Waals surface area contributed by atoms with Gasteiger partial charge in [0.2, 0.25) is 5.88 Å². The number of pyridine rings is 2. The number of hydrogen-bond donors (Lipinski definition) is 1. The first-order valence-electron chi connectivity index (χ1n) is 7.22. The summed E-state index contributed by atoms with van der Waals surface area (Å²) in [6.07, 6.45) is 5.11. The maximum atomic E-state index is 5.18. The molecule has 118 valence electrons. The number of H-pyrrole nitrogens is 1. The molecule has 0 amide bonds. The maximum Gasteiger partial charge on any atom is 0.234 e. The Bertz CT molecular complexity index is 1020. The second-order valence-corrected chi connectivity index (χ2v) is 5.88. The molecule has 4 heterocycles. The monoisotopic (exact) mass is 381 g/mol. The molecule has 0 radical (unpaired) electrons. The van der Waals surface area contributed by atoms with Gasteiger partial charge in [0, 0.05) is 18.0 Å². The van der Waals surface area contributed by atoms with Crippen LogP contribution in [-0.2, 0) is 0 Å².